The Hall–Kier alpha value is -2.33. The van der Waals surface area contributed by atoms with E-state index in [1.54, 1.807) is 4.90 Å². The summed E-state index contributed by atoms with van der Waals surface area (Å²) in [5.74, 6) is 0.825. The highest BCUT2D eigenvalue weighted by Crippen LogP contribution is 2.37. The van der Waals surface area contributed by atoms with Crippen LogP contribution in [0.4, 0.5) is 5.69 Å². The van der Waals surface area contributed by atoms with Crippen LogP contribution in [0.2, 0.25) is 0 Å². The Bertz CT molecular complexity index is 685. The molecule has 0 bridgehead atoms. The molecule has 3 rings (SSSR count). The average molecular weight is 296 g/mol. The van der Waals surface area contributed by atoms with Crippen molar-refractivity contribution in [3.05, 3.63) is 59.7 Å². The van der Waals surface area contributed by atoms with Crippen LogP contribution in [0.25, 0.3) is 0 Å². The highest BCUT2D eigenvalue weighted by molar-refractivity contribution is 6.04. The molecule has 0 saturated heterocycles. The molecule has 1 aliphatic heterocycles. The van der Waals surface area contributed by atoms with Crippen molar-refractivity contribution in [2.45, 2.75) is 18.9 Å². The van der Waals surface area contributed by atoms with Gasteiger partial charge < -0.3 is 15.4 Å². The summed E-state index contributed by atoms with van der Waals surface area (Å²) in [6.07, 6.45) is 0. The van der Waals surface area contributed by atoms with Crippen molar-refractivity contribution < 1.29 is 9.53 Å². The van der Waals surface area contributed by atoms with Gasteiger partial charge in [0.05, 0.1) is 12.0 Å². The largest absolute Gasteiger partial charge is 0.492 e. The lowest BCUT2D eigenvalue weighted by atomic mass is 9.98. The summed E-state index contributed by atoms with van der Waals surface area (Å²) in [5.41, 5.74) is 9.23. The van der Waals surface area contributed by atoms with Crippen LogP contribution in [0.3, 0.4) is 0 Å². The number of amides is 1. The molecule has 2 unspecified atom stereocenters. The van der Waals surface area contributed by atoms with E-state index in [9.17, 15) is 4.79 Å². The second-order valence-corrected chi connectivity index (χ2v) is 5.67. The summed E-state index contributed by atoms with van der Waals surface area (Å²) in [7, 11) is 1.81. The molecule has 0 aliphatic carbocycles. The van der Waals surface area contributed by atoms with E-state index in [2.05, 4.69) is 0 Å². The molecular weight excluding hydrogens is 276 g/mol. The van der Waals surface area contributed by atoms with Gasteiger partial charge in [-0.1, -0.05) is 30.3 Å². The summed E-state index contributed by atoms with van der Waals surface area (Å²) in [6.45, 7) is 2.33. The van der Waals surface area contributed by atoms with Crippen LogP contribution in [0.5, 0.6) is 5.75 Å². The number of nitrogens with zero attached hydrogens (tertiary/aromatic N) is 1. The number of carbonyl (C=O) groups is 1. The minimum absolute atomic E-state index is 0.109. The van der Waals surface area contributed by atoms with Crippen molar-refractivity contribution in [2.24, 2.45) is 5.73 Å². The Labute approximate surface area is 130 Å². The molecule has 1 aliphatic rings. The smallest absolute Gasteiger partial charge is 0.234 e. The Morgan fingerprint density at radius 2 is 1.95 bits per heavy atom. The number of carbonyl (C=O) groups excluding carboxylic acids is 1. The lowest BCUT2D eigenvalue weighted by Crippen LogP contribution is -2.22. The molecule has 114 valence electrons. The molecule has 2 atom stereocenters. The molecule has 0 spiro atoms. The van der Waals surface area contributed by atoms with Crippen molar-refractivity contribution >= 4 is 11.6 Å². The maximum atomic E-state index is 12.0. The van der Waals surface area contributed by atoms with E-state index in [1.807, 2.05) is 62.5 Å². The van der Waals surface area contributed by atoms with Gasteiger partial charge in [0.25, 0.3) is 0 Å². The fourth-order valence-electron chi connectivity index (χ4n) is 2.80. The molecule has 4 nitrogen and oxygen atoms in total. The number of para-hydroxylation sites is 1. The molecule has 2 aromatic rings. The number of hydrogen-bond donors (Lipinski definition) is 1. The van der Waals surface area contributed by atoms with Gasteiger partial charge in [0.2, 0.25) is 5.91 Å². The fraction of sp³-hybridized carbons (Fsp3) is 0.278. The molecule has 2 aromatic carbocycles. The maximum Gasteiger partial charge on any atom is 0.234 e. The van der Waals surface area contributed by atoms with Crippen molar-refractivity contribution in [3.63, 3.8) is 0 Å². The van der Waals surface area contributed by atoms with Crippen molar-refractivity contribution in [3.8, 4) is 5.75 Å². The maximum absolute atomic E-state index is 12.0. The number of hydrogen-bond acceptors (Lipinski definition) is 3. The van der Waals surface area contributed by atoms with E-state index in [4.69, 9.17) is 10.5 Å². The molecule has 0 aromatic heterocycles. The standard InChI is InChI=1S/C18H20N2O2/c1-12-15-10-13(8-9-17(15)20(2)18(12)21)16(19)11-22-14-6-4-3-5-7-14/h3-10,12,16H,11,19H2,1-2H3. The highest BCUT2D eigenvalue weighted by atomic mass is 16.5. The van der Waals surface area contributed by atoms with Crippen molar-refractivity contribution in [2.75, 3.05) is 18.6 Å². The zero-order valence-corrected chi connectivity index (χ0v) is 12.8. The van der Waals surface area contributed by atoms with Gasteiger partial charge in [-0.2, -0.15) is 0 Å². The Kier molecular flexibility index (Phi) is 3.86. The van der Waals surface area contributed by atoms with Crippen LogP contribution in [0, 0.1) is 0 Å². The van der Waals surface area contributed by atoms with Crippen molar-refractivity contribution in [1.82, 2.24) is 0 Å². The molecule has 0 radical (unpaired) electrons. The molecule has 22 heavy (non-hydrogen) atoms. The topological polar surface area (TPSA) is 55.6 Å². The molecule has 0 saturated carbocycles. The minimum atomic E-state index is -0.223. The van der Waals surface area contributed by atoms with E-state index in [0.717, 1.165) is 22.6 Å². The van der Waals surface area contributed by atoms with Gasteiger partial charge in [0.1, 0.15) is 12.4 Å². The summed E-state index contributed by atoms with van der Waals surface area (Å²) in [5, 5.41) is 0. The van der Waals surface area contributed by atoms with Gasteiger partial charge in [-0.05, 0) is 36.2 Å². The zero-order chi connectivity index (χ0) is 15.7. The van der Waals surface area contributed by atoms with E-state index in [-0.39, 0.29) is 17.9 Å². The quantitative estimate of drug-likeness (QED) is 0.944. The molecule has 2 N–H and O–H groups in total. The SMILES string of the molecule is CC1C(=O)N(C)c2ccc(C(N)COc3ccccc3)cc21. The summed E-state index contributed by atoms with van der Waals surface area (Å²) in [4.78, 5) is 13.7. The molecule has 1 heterocycles. The first kappa shape index (κ1) is 14.6. The van der Waals surface area contributed by atoms with E-state index in [0.29, 0.717) is 6.61 Å². The van der Waals surface area contributed by atoms with Crippen LogP contribution in [-0.4, -0.2) is 19.6 Å². The normalized spacial score (nSPS) is 18.2. The predicted molar refractivity (Wildman–Crippen MR) is 87.1 cm³/mol. The number of fused-ring (bicyclic) bond motifs is 1. The Morgan fingerprint density at radius 1 is 1.23 bits per heavy atom. The van der Waals surface area contributed by atoms with Gasteiger partial charge >= 0.3 is 0 Å². The number of nitrogens with two attached hydrogens (primary N) is 1. The zero-order valence-electron chi connectivity index (χ0n) is 12.8. The third-order valence-corrected chi connectivity index (χ3v) is 4.18. The van der Waals surface area contributed by atoms with E-state index >= 15 is 0 Å². The van der Waals surface area contributed by atoms with E-state index < -0.39 is 0 Å². The fourth-order valence-corrected chi connectivity index (χ4v) is 2.80. The number of benzene rings is 2. The molecular formula is C18H20N2O2. The van der Waals surface area contributed by atoms with Crippen LogP contribution >= 0.6 is 0 Å². The Morgan fingerprint density at radius 3 is 2.68 bits per heavy atom. The number of likely N-dealkylation sites (N-methyl/N-ethyl adjacent to an activating group) is 1. The minimum Gasteiger partial charge on any atom is -0.492 e. The van der Waals surface area contributed by atoms with Gasteiger partial charge in [-0.3, -0.25) is 4.79 Å². The van der Waals surface area contributed by atoms with Gasteiger partial charge in [-0.15, -0.1) is 0 Å². The Balaban J connectivity index is 1.74. The number of rotatable bonds is 4. The summed E-state index contributed by atoms with van der Waals surface area (Å²) in [6, 6.07) is 15.4. The monoisotopic (exact) mass is 296 g/mol. The second kappa shape index (κ2) is 5.81. The van der Waals surface area contributed by atoms with Crippen molar-refractivity contribution in [1.29, 1.82) is 0 Å². The number of ether oxygens (including phenoxy) is 1. The third kappa shape index (κ3) is 2.57. The summed E-state index contributed by atoms with van der Waals surface area (Å²) < 4.78 is 5.71. The average Bonchev–Trinajstić information content (AvgIpc) is 2.78. The van der Waals surface area contributed by atoms with Crippen LogP contribution in [-0.2, 0) is 4.79 Å². The molecule has 4 heteroatoms. The lowest BCUT2D eigenvalue weighted by molar-refractivity contribution is -0.118. The lowest BCUT2D eigenvalue weighted by Gasteiger charge is -2.16. The van der Waals surface area contributed by atoms with Gasteiger partial charge in [0, 0.05) is 12.7 Å². The molecule has 1 amide bonds. The first-order valence-corrected chi connectivity index (χ1v) is 7.43. The predicted octanol–water partition coefficient (Wildman–Crippen LogP) is 2.85. The third-order valence-electron chi connectivity index (χ3n) is 4.18. The van der Waals surface area contributed by atoms with E-state index in [1.165, 1.54) is 0 Å². The van der Waals surface area contributed by atoms with Crippen LogP contribution in [0.1, 0.15) is 30.0 Å². The summed E-state index contributed by atoms with van der Waals surface area (Å²) >= 11 is 0. The highest BCUT2D eigenvalue weighted by Gasteiger charge is 2.32. The second-order valence-electron chi connectivity index (χ2n) is 5.67. The van der Waals surface area contributed by atoms with Crippen LogP contribution < -0.4 is 15.4 Å². The number of anilines is 1. The van der Waals surface area contributed by atoms with Crippen LogP contribution in [0.15, 0.2) is 48.5 Å². The molecule has 0 fully saturated rings. The van der Waals surface area contributed by atoms with Gasteiger partial charge in [0.15, 0.2) is 0 Å². The first-order valence-electron chi connectivity index (χ1n) is 7.43. The first-order chi connectivity index (χ1) is 10.6. The van der Waals surface area contributed by atoms with Gasteiger partial charge in [-0.25, -0.2) is 0 Å².